The minimum Gasteiger partial charge on any atom is -0.325 e. The first-order chi connectivity index (χ1) is 9.70. The molecule has 1 amide bonds. The maximum Gasteiger partial charge on any atom is 0.341 e. The summed E-state index contributed by atoms with van der Waals surface area (Å²) in [6.45, 7) is 3.74. The number of carbonyl (C=O) groups excluding carboxylic acids is 1. The maximum atomic E-state index is 12.4. The zero-order chi connectivity index (χ0) is 16.2. The largest absolute Gasteiger partial charge is 0.341 e. The van der Waals surface area contributed by atoms with Gasteiger partial charge in [0.25, 0.3) is 0 Å². The third-order valence-corrected chi connectivity index (χ3v) is 4.64. The van der Waals surface area contributed by atoms with E-state index < -0.39 is 32.4 Å². The average Bonchev–Trinajstić information content (AvgIpc) is 2.45. The van der Waals surface area contributed by atoms with Gasteiger partial charge >= 0.3 is 5.76 Å². The number of alkyl halides is 2. The summed E-state index contributed by atoms with van der Waals surface area (Å²) >= 11 is 0. The van der Waals surface area contributed by atoms with E-state index in [2.05, 4.69) is 5.32 Å². The van der Waals surface area contributed by atoms with Crippen LogP contribution in [0.2, 0.25) is 0 Å². The summed E-state index contributed by atoms with van der Waals surface area (Å²) in [5.74, 6) is -3.89. The molecule has 0 radical (unpaired) electrons. The number of halogens is 2. The van der Waals surface area contributed by atoms with Gasteiger partial charge in [0, 0.05) is 5.69 Å². The van der Waals surface area contributed by atoms with E-state index in [1.165, 1.54) is 12.1 Å². The van der Waals surface area contributed by atoms with Crippen LogP contribution in [-0.4, -0.2) is 26.1 Å². The van der Waals surface area contributed by atoms with Crippen LogP contribution in [0.1, 0.15) is 20.3 Å². The first-order valence-corrected chi connectivity index (χ1v) is 7.93. The number of hydrogen-bond donors (Lipinski definition) is 2. The predicted molar refractivity (Wildman–Crippen MR) is 75.7 cm³/mol. The Kier molecular flexibility index (Phi) is 5.79. The Morgan fingerprint density at radius 3 is 2.24 bits per heavy atom. The SMILES string of the molecule is CCC(C)C(N)C(=O)Nc1ccc(S(=O)(=O)C(F)F)cc1. The van der Waals surface area contributed by atoms with Crippen LogP contribution in [0.3, 0.4) is 0 Å². The Morgan fingerprint density at radius 2 is 1.81 bits per heavy atom. The van der Waals surface area contributed by atoms with Crippen LogP contribution in [-0.2, 0) is 14.6 Å². The number of sulfone groups is 1. The second kappa shape index (κ2) is 6.95. The topological polar surface area (TPSA) is 89.3 Å². The Balaban J connectivity index is 2.83. The van der Waals surface area contributed by atoms with Crippen molar-refractivity contribution in [2.24, 2.45) is 11.7 Å². The van der Waals surface area contributed by atoms with Gasteiger partial charge in [-0.2, -0.15) is 8.78 Å². The molecule has 0 heterocycles. The molecule has 1 aromatic rings. The molecular weight excluding hydrogens is 302 g/mol. The number of nitrogens with one attached hydrogen (secondary N) is 1. The molecule has 3 N–H and O–H groups in total. The molecule has 2 unspecified atom stereocenters. The first kappa shape index (κ1) is 17.5. The van der Waals surface area contributed by atoms with Crippen molar-refractivity contribution in [2.75, 3.05) is 5.32 Å². The molecule has 0 aliphatic carbocycles. The predicted octanol–water partition coefficient (Wildman–Crippen LogP) is 1.99. The Morgan fingerprint density at radius 1 is 1.29 bits per heavy atom. The monoisotopic (exact) mass is 320 g/mol. The molecule has 8 heteroatoms. The molecule has 1 aromatic carbocycles. The molecule has 0 spiro atoms. The zero-order valence-electron chi connectivity index (χ0n) is 11.7. The number of benzene rings is 1. The van der Waals surface area contributed by atoms with E-state index in [9.17, 15) is 22.0 Å². The van der Waals surface area contributed by atoms with Gasteiger partial charge in [-0.05, 0) is 30.2 Å². The van der Waals surface area contributed by atoms with E-state index >= 15 is 0 Å². The van der Waals surface area contributed by atoms with Crippen molar-refractivity contribution in [1.82, 2.24) is 0 Å². The van der Waals surface area contributed by atoms with Crippen molar-refractivity contribution in [3.8, 4) is 0 Å². The summed E-state index contributed by atoms with van der Waals surface area (Å²) in [6, 6.07) is 3.84. The molecule has 21 heavy (non-hydrogen) atoms. The van der Waals surface area contributed by atoms with Crippen molar-refractivity contribution >= 4 is 21.4 Å². The fourth-order valence-corrected chi connectivity index (χ4v) is 2.29. The first-order valence-electron chi connectivity index (χ1n) is 6.38. The molecule has 0 aliphatic rings. The molecule has 2 atom stereocenters. The molecule has 0 fully saturated rings. The van der Waals surface area contributed by atoms with Crippen molar-refractivity contribution in [3.05, 3.63) is 24.3 Å². The summed E-state index contributed by atoms with van der Waals surface area (Å²) in [7, 11) is -4.63. The van der Waals surface area contributed by atoms with Gasteiger partial charge in [0.15, 0.2) is 0 Å². The van der Waals surface area contributed by atoms with Gasteiger partial charge in [0.2, 0.25) is 15.7 Å². The standard InChI is InChI=1S/C13H18F2N2O3S/c1-3-8(2)11(16)12(18)17-9-4-6-10(7-5-9)21(19,20)13(14)15/h4-8,11,13H,3,16H2,1-2H3,(H,17,18). The zero-order valence-corrected chi connectivity index (χ0v) is 12.5. The van der Waals surface area contributed by atoms with Crippen molar-refractivity contribution in [3.63, 3.8) is 0 Å². The molecule has 0 saturated carbocycles. The van der Waals surface area contributed by atoms with Gasteiger partial charge in [-0.3, -0.25) is 4.79 Å². The van der Waals surface area contributed by atoms with Gasteiger partial charge in [0.05, 0.1) is 10.9 Å². The number of anilines is 1. The van der Waals surface area contributed by atoms with E-state index in [1.807, 2.05) is 13.8 Å². The molecule has 0 bridgehead atoms. The van der Waals surface area contributed by atoms with Gasteiger partial charge in [-0.25, -0.2) is 8.42 Å². The van der Waals surface area contributed by atoms with Gasteiger partial charge in [-0.1, -0.05) is 20.3 Å². The highest BCUT2D eigenvalue weighted by atomic mass is 32.2. The maximum absolute atomic E-state index is 12.4. The van der Waals surface area contributed by atoms with Crippen LogP contribution in [0.25, 0.3) is 0 Å². The highest BCUT2D eigenvalue weighted by molar-refractivity contribution is 7.91. The van der Waals surface area contributed by atoms with Crippen molar-refractivity contribution in [1.29, 1.82) is 0 Å². The lowest BCUT2D eigenvalue weighted by Crippen LogP contribution is -2.40. The van der Waals surface area contributed by atoms with Gasteiger partial charge in [0.1, 0.15) is 0 Å². The highest BCUT2D eigenvalue weighted by Gasteiger charge is 2.26. The summed E-state index contributed by atoms with van der Waals surface area (Å²) < 4.78 is 47.2. The minimum atomic E-state index is -4.63. The van der Waals surface area contributed by atoms with Crippen LogP contribution < -0.4 is 11.1 Å². The quantitative estimate of drug-likeness (QED) is 0.839. The molecule has 1 rings (SSSR count). The number of amides is 1. The Bertz CT molecular complexity index is 588. The third-order valence-electron chi connectivity index (χ3n) is 3.24. The molecule has 0 aromatic heterocycles. The van der Waals surface area contributed by atoms with E-state index in [0.717, 1.165) is 18.6 Å². The van der Waals surface area contributed by atoms with Crippen LogP contribution in [0.15, 0.2) is 29.2 Å². The molecule has 0 saturated heterocycles. The molecule has 118 valence electrons. The average molecular weight is 320 g/mol. The number of hydrogen-bond acceptors (Lipinski definition) is 4. The van der Waals surface area contributed by atoms with Crippen LogP contribution >= 0.6 is 0 Å². The van der Waals surface area contributed by atoms with Gasteiger partial charge in [-0.15, -0.1) is 0 Å². The number of carbonyl (C=O) groups is 1. The molecule has 0 aliphatic heterocycles. The summed E-state index contributed by atoms with van der Waals surface area (Å²) in [6.07, 6.45) is 0.736. The van der Waals surface area contributed by atoms with Gasteiger partial charge < -0.3 is 11.1 Å². The summed E-state index contributed by atoms with van der Waals surface area (Å²) in [4.78, 5) is 11.3. The van der Waals surface area contributed by atoms with Crippen LogP contribution in [0, 0.1) is 5.92 Å². The Hall–Kier alpha value is -1.54. The minimum absolute atomic E-state index is 0.0107. The second-order valence-electron chi connectivity index (χ2n) is 4.73. The summed E-state index contributed by atoms with van der Waals surface area (Å²) in [5.41, 5.74) is 6.05. The molecule has 5 nitrogen and oxygen atoms in total. The van der Waals surface area contributed by atoms with E-state index in [-0.39, 0.29) is 5.92 Å². The lowest BCUT2D eigenvalue weighted by molar-refractivity contribution is -0.118. The van der Waals surface area contributed by atoms with E-state index in [4.69, 9.17) is 5.73 Å². The van der Waals surface area contributed by atoms with E-state index in [1.54, 1.807) is 0 Å². The second-order valence-corrected chi connectivity index (χ2v) is 6.65. The van der Waals surface area contributed by atoms with Crippen LogP contribution in [0.5, 0.6) is 0 Å². The van der Waals surface area contributed by atoms with Crippen LogP contribution in [0.4, 0.5) is 14.5 Å². The molecular formula is C13H18F2N2O3S. The van der Waals surface area contributed by atoms with Crippen molar-refractivity contribution < 1.29 is 22.0 Å². The summed E-state index contributed by atoms with van der Waals surface area (Å²) in [5, 5.41) is 2.52. The third kappa shape index (κ3) is 4.21. The Labute approximate surface area is 122 Å². The fourth-order valence-electron chi connectivity index (χ4n) is 1.57. The number of nitrogens with two attached hydrogens (primary N) is 1. The normalized spacial score (nSPS) is 14.8. The smallest absolute Gasteiger partial charge is 0.325 e. The van der Waals surface area contributed by atoms with Crippen molar-refractivity contribution in [2.45, 2.75) is 37.0 Å². The highest BCUT2D eigenvalue weighted by Crippen LogP contribution is 2.20. The number of rotatable bonds is 6. The lowest BCUT2D eigenvalue weighted by atomic mass is 9.99. The fraction of sp³-hybridized carbons (Fsp3) is 0.462. The van der Waals surface area contributed by atoms with E-state index in [0.29, 0.717) is 5.69 Å². The lowest BCUT2D eigenvalue weighted by Gasteiger charge is -2.17.